The molecular weight excluding hydrogens is 430 g/mol. The van der Waals surface area contributed by atoms with Gasteiger partial charge >= 0.3 is 0 Å². The molecule has 3 heterocycles. The molecule has 1 fully saturated rings. The van der Waals surface area contributed by atoms with E-state index in [1.54, 1.807) is 12.0 Å². The summed E-state index contributed by atoms with van der Waals surface area (Å²) in [5.41, 5.74) is 6.39. The van der Waals surface area contributed by atoms with E-state index < -0.39 is 0 Å². The molecule has 6 rings (SSSR count). The standard InChI is InChI=1S/C27H23N3O2S/c1-16-7-11-18(12-8-16)29-26(31)23-15-21-20-5-3-4-6-22(20)28-24(21)25(30(23)27(29)33)17-9-13-19(32-2)14-10-17/h3-14,23,25,28H,15H2,1-2H3/t23-,25-/m0/s1. The number of carbonyl (C=O) groups excluding carboxylic acids is 1. The number of nitrogens with one attached hydrogen (secondary N) is 1. The highest BCUT2D eigenvalue weighted by molar-refractivity contribution is 7.80. The summed E-state index contributed by atoms with van der Waals surface area (Å²) in [5.74, 6) is 0.822. The fraction of sp³-hybridized carbons (Fsp3) is 0.185. The third-order valence-corrected chi connectivity index (χ3v) is 7.17. The number of amides is 1. The van der Waals surface area contributed by atoms with Crippen molar-refractivity contribution in [3.8, 4) is 5.75 Å². The van der Waals surface area contributed by atoms with Crippen molar-refractivity contribution in [1.29, 1.82) is 0 Å². The topological polar surface area (TPSA) is 48.6 Å². The molecule has 0 spiro atoms. The monoisotopic (exact) mass is 453 g/mol. The van der Waals surface area contributed by atoms with Crippen molar-refractivity contribution in [1.82, 2.24) is 9.88 Å². The molecule has 33 heavy (non-hydrogen) atoms. The number of aromatic nitrogens is 1. The van der Waals surface area contributed by atoms with Gasteiger partial charge in [0.05, 0.1) is 18.8 Å². The summed E-state index contributed by atoms with van der Waals surface area (Å²) in [7, 11) is 1.66. The van der Waals surface area contributed by atoms with Gasteiger partial charge in [0.15, 0.2) is 5.11 Å². The normalized spacial score (nSPS) is 19.7. The number of hydrogen-bond donors (Lipinski definition) is 1. The smallest absolute Gasteiger partial charge is 0.256 e. The number of anilines is 1. The van der Waals surface area contributed by atoms with E-state index in [4.69, 9.17) is 17.0 Å². The van der Waals surface area contributed by atoms with Gasteiger partial charge in [-0.3, -0.25) is 9.69 Å². The van der Waals surface area contributed by atoms with Gasteiger partial charge in [0, 0.05) is 23.0 Å². The zero-order valence-electron chi connectivity index (χ0n) is 18.4. The van der Waals surface area contributed by atoms with Crippen molar-refractivity contribution >= 4 is 39.8 Å². The number of rotatable bonds is 3. The number of nitrogens with zero attached hydrogens (tertiary/aromatic N) is 2. The fourth-order valence-corrected chi connectivity index (χ4v) is 5.57. The van der Waals surface area contributed by atoms with E-state index in [0.717, 1.165) is 39.2 Å². The van der Waals surface area contributed by atoms with Gasteiger partial charge in [-0.05, 0) is 60.6 Å². The van der Waals surface area contributed by atoms with Crippen LogP contribution in [-0.2, 0) is 11.2 Å². The lowest BCUT2D eigenvalue weighted by Crippen LogP contribution is -2.44. The lowest BCUT2D eigenvalue weighted by atomic mass is 9.89. The first kappa shape index (κ1) is 20.0. The predicted molar refractivity (Wildman–Crippen MR) is 134 cm³/mol. The Morgan fingerprint density at radius 3 is 2.45 bits per heavy atom. The Balaban J connectivity index is 1.53. The van der Waals surface area contributed by atoms with E-state index in [0.29, 0.717) is 11.5 Å². The molecule has 6 heteroatoms. The third kappa shape index (κ3) is 2.98. The highest BCUT2D eigenvalue weighted by atomic mass is 32.1. The fourth-order valence-electron chi connectivity index (χ4n) is 5.14. The molecule has 5 nitrogen and oxygen atoms in total. The molecule has 0 saturated carbocycles. The summed E-state index contributed by atoms with van der Waals surface area (Å²) >= 11 is 5.96. The number of para-hydroxylation sites is 1. The van der Waals surface area contributed by atoms with Crippen molar-refractivity contribution in [2.24, 2.45) is 0 Å². The van der Waals surface area contributed by atoms with Crippen molar-refractivity contribution in [3.63, 3.8) is 0 Å². The van der Waals surface area contributed by atoms with Gasteiger partial charge in [0.2, 0.25) is 0 Å². The first-order chi connectivity index (χ1) is 16.1. The van der Waals surface area contributed by atoms with Gasteiger partial charge in [0.1, 0.15) is 11.8 Å². The quantitative estimate of drug-likeness (QED) is 0.437. The van der Waals surface area contributed by atoms with Gasteiger partial charge in [-0.15, -0.1) is 0 Å². The number of methoxy groups -OCH3 is 1. The Morgan fingerprint density at radius 2 is 1.73 bits per heavy atom. The molecular formula is C27H23N3O2S. The molecule has 1 aromatic heterocycles. The summed E-state index contributed by atoms with van der Waals surface area (Å²) in [6.07, 6.45) is 0.618. The summed E-state index contributed by atoms with van der Waals surface area (Å²) in [6.45, 7) is 2.04. The van der Waals surface area contributed by atoms with Gasteiger partial charge in [-0.2, -0.15) is 0 Å². The summed E-state index contributed by atoms with van der Waals surface area (Å²) in [4.78, 5) is 21.2. The number of fused-ring (bicyclic) bond motifs is 4. The number of ether oxygens (including phenoxy) is 1. The van der Waals surface area contributed by atoms with E-state index in [9.17, 15) is 4.79 Å². The van der Waals surface area contributed by atoms with Crippen LogP contribution in [0.3, 0.4) is 0 Å². The molecule has 0 bridgehead atoms. The lowest BCUT2D eigenvalue weighted by Gasteiger charge is -2.37. The third-order valence-electron chi connectivity index (χ3n) is 6.77. The first-order valence-electron chi connectivity index (χ1n) is 11.0. The lowest BCUT2D eigenvalue weighted by molar-refractivity contribution is -0.120. The molecule has 1 amide bonds. The van der Waals surface area contributed by atoms with Crippen LogP contribution in [0.5, 0.6) is 5.75 Å². The maximum atomic E-state index is 13.7. The highest BCUT2D eigenvalue weighted by Crippen LogP contribution is 2.45. The zero-order chi connectivity index (χ0) is 22.7. The summed E-state index contributed by atoms with van der Waals surface area (Å²) in [5, 5.41) is 1.71. The van der Waals surface area contributed by atoms with E-state index in [2.05, 4.69) is 34.1 Å². The van der Waals surface area contributed by atoms with Gasteiger partial charge < -0.3 is 14.6 Å². The Morgan fingerprint density at radius 1 is 1.00 bits per heavy atom. The number of carbonyl (C=O) groups is 1. The van der Waals surface area contributed by atoms with Crippen LogP contribution in [0.4, 0.5) is 5.69 Å². The van der Waals surface area contributed by atoms with Gasteiger partial charge in [-0.25, -0.2) is 0 Å². The Kier molecular flexibility index (Phi) is 4.52. The maximum absolute atomic E-state index is 13.7. The first-order valence-corrected chi connectivity index (χ1v) is 11.4. The highest BCUT2D eigenvalue weighted by Gasteiger charge is 2.50. The largest absolute Gasteiger partial charge is 0.497 e. The molecule has 0 radical (unpaired) electrons. The van der Waals surface area contributed by atoms with Crippen LogP contribution in [0.25, 0.3) is 10.9 Å². The van der Waals surface area contributed by atoms with E-state index >= 15 is 0 Å². The Labute approximate surface area is 197 Å². The predicted octanol–water partition coefficient (Wildman–Crippen LogP) is 5.13. The van der Waals surface area contributed by atoms with Crippen LogP contribution in [-0.4, -0.2) is 34.1 Å². The van der Waals surface area contributed by atoms with Crippen LogP contribution >= 0.6 is 12.2 Å². The number of aryl methyl sites for hydroxylation is 1. The zero-order valence-corrected chi connectivity index (χ0v) is 19.2. The molecule has 2 aliphatic rings. The van der Waals surface area contributed by atoms with Crippen LogP contribution in [0, 0.1) is 6.92 Å². The number of aromatic amines is 1. The minimum atomic E-state index is -0.349. The van der Waals surface area contributed by atoms with E-state index in [-0.39, 0.29) is 18.0 Å². The minimum absolute atomic E-state index is 0.0262. The van der Waals surface area contributed by atoms with Crippen LogP contribution in [0.1, 0.15) is 28.4 Å². The number of thiocarbonyl (C=S) groups is 1. The second kappa shape index (κ2) is 7.46. The molecule has 164 valence electrons. The molecule has 1 saturated heterocycles. The average molecular weight is 454 g/mol. The maximum Gasteiger partial charge on any atom is 0.256 e. The Hall–Kier alpha value is -3.64. The summed E-state index contributed by atoms with van der Waals surface area (Å²) < 4.78 is 5.37. The number of hydrogen-bond acceptors (Lipinski definition) is 3. The van der Waals surface area contributed by atoms with Crippen molar-refractivity contribution in [2.75, 3.05) is 12.0 Å². The Bertz CT molecular complexity index is 1390. The molecule has 1 N–H and O–H groups in total. The summed E-state index contributed by atoms with van der Waals surface area (Å²) in [6, 6.07) is 23.7. The van der Waals surface area contributed by atoms with Gasteiger partial charge in [-0.1, -0.05) is 48.0 Å². The number of benzene rings is 3. The second-order valence-corrected chi connectivity index (χ2v) is 9.02. The molecule has 2 aliphatic heterocycles. The van der Waals surface area contributed by atoms with E-state index in [1.807, 2.05) is 55.5 Å². The average Bonchev–Trinajstić information content (AvgIpc) is 3.33. The van der Waals surface area contributed by atoms with Crippen LogP contribution < -0.4 is 9.64 Å². The van der Waals surface area contributed by atoms with Gasteiger partial charge in [0.25, 0.3) is 5.91 Å². The molecule has 4 aromatic rings. The minimum Gasteiger partial charge on any atom is -0.497 e. The van der Waals surface area contributed by atoms with Crippen molar-refractivity contribution in [2.45, 2.75) is 25.4 Å². The molecule has 0 aliphatic carbocycles. The molecule has 2 atom stereocenters. The molecule has 3 aromatic carbocycles. The van der Waals surface area contributed by atoms with Crippen LogP contribution in [0.2, 0.25) is 0 Å². The molecule has 0 unspecified atom stereocenters. The SMILES string of the molecule is COc1ccc([C@H]2c3[nH]c4ccccc4c3C[C@H]3C(=O)N(c4ccc(C)cc4)C(=S)N23)cc1. The van der Waals surface area contributed by atoms with Crippen LogP contribution in [0.15, 0.2) is 72.8 Å². The second-order valence-electron chi connectivity index (χ2n) is 8.66. The number of H-pyrrole nitrogens is 1. The van der Waals surface area contributed by atoms with Crippen molar-refractivity contribution < 1.29 is 9.53 Å². The van der Waals surface area contributed by atoms with Crippen molar-refractivity contribution in [3.05, 3.63) is 95.2 Å². The van der Waals surface area contributed by atoms with E-state index in [1.165, 1.54) is 5.56 Å².